The van der Waals surface area contributed by atoms with Crippen LogP contribution in [-0.4, -0.2) is 30.8 Å². The molecule has 3 nitrogen and oxygen atoms in total. The van der Waals surface area contributed by atoms with E-state index in [1.54, 1.807) is 30.8 Å². The average molecular weight is 172 g/mol. The van der Waals surface area contributed by atoms with Crippen LogP contribution in [0.15, 0.2) is 10.6 Å². The lowest BCUT2D eigenvalue weighted by molar-refractivity contribution is -0.124. The summed E-state index contributed by atoms with van der Waals surface area (Å²) in [5.41, 5.74) is 0.994. The second kappa shape index (κ2) is 3.17. The Hall–Kier alpha value is -0.640. The molecule has 1 rings (SSSR count). The first-order valence-corrected chi connectivity index (χ1v) is 4.40. The third-order valence-corrected chi connectivity index (χ3v) is 2.55. The first kappa shape index (κ1) is 8.46. The molecule has 1 aliphatic rings. The Balaban J connectivity index is 2.74. The van der Waals surface area contributed by atoms with Crippen LogP contribution in [0.5, 0.6) is 0 Å². The molecular weight excluding hydrogens is 160 g/mol. The van der Waals surface area contributed by atoms with Crippen molar-refractivity contribution >= 4 is 17.7 Å². The summed E-state index contributed by atoms with van der Waals surface area (Å²) in [6.07, 6.45) is 0. The van der Waals surface area contributed by atoms with E-state index in [1.165, 1.54) is 0 Å². The molecule has 1 N–H and O–H groups in total. The van der Waals surface area contributed by atoms with Gasteiger partial charge in [0.15, 0.2) is 0 Å². The van der Waals surface area contributed by atoms with Gasteiger partial charge in [0.05, 0.1) is 10.8 Å². The molecule has 1 heterocycles. The largest absolute Gasteiger partial charge is 0.378 e. The van der Waals surface area contributed by atoms with Gasteiger partial charge in [-0.2, -0.15) is 0 Å². The lowest BCUT2D eigenvalue weighted by Crippen LogP contribution is -2.22. The van der Waals surface area contributed by atoms with Crippen LogP contribution >= 0.6 is 11.8 Å². The number of hydrogen-bond acceptors (Lipinski definition) is 3. The molecule has 1 amide bonds. The van der Waals surface area contributed by atoms with E-state index >= 15 is 0 Å². The molecule has 0 aromatic heterocycles. The summed E-state index contributed by atoms with van der Waals surface area (Å²) in [4.78, 5) is 13.8. The number of likely N-dealkylation sites (N-methyl/N-ethyl adjacent to an activating group) is 1. The van der Waals surface area contributed by atoms with Crippen molar-refractivity contribution in [3.05, 3.63) is 10.6 Å². The molecule has 1 aliphatic heterocycles. The van der Waals surface area contributed by atoms with E-state index in [4.69, 9.17) is 0 Å². The van der Waals surface area contributed by atoms with E-state index in [9.17, 15) is 4.79 Å². The Morgan fingerprint density at radius 2 is 2.27 bits per heavy atom. The quantitative estimate of drug-likeness (QED) is 0.628. The zero-order valence-electron chi connectivity index (χ0n) is 6.97. The molecule has 0 saturated heterocycles. The molecule has 0 saturated carbocycles. The first-order valence-electron chi connectivity index (χ1n) is 3.42. The molecule has 0 bridgehead atoms. The van der Waals surface area contributed by atoms with Crippen molar-refractivity contribution in [1.29, 1.82) is 0 Å². The first-order chi connectivity index (χ1) is 5.13. The lowest BCUT2D eigenvalue weighted by atomic mass is 10.4. The van der Waals surface area contributed by atoms with Gasteiger partial charge in [-0.3, -0.25) is 4.79 Å². The average Bonchev–Trinajstić information content (AvgIpc) is 2.33. The fourth-order valence-corrected chi connectivity index (χ4v) is 1.86. The van der Waals surface area contributed by atoms with Crippen LogP contribution in [-0.2, 0) is 4.79 Å². The maximum Gasteiger partial charge on any atom is 0.261 e. The third-order valence-electron chi connectivity index (χ3n) is 1.49. The van der Waals surface area contributed by atoms with Crippen LogP contribution in [0.2, 0.25) is 0 Å². The number of allylic oxidation sites excluding steroid dienone is 1. The third kappa shape index (κ3) is 1.68. The van der Waals surface area contributed by atoms with E-state index in [2.05, 4.69) is 5.32 Å². The van der Waals surface area contributed by atoms with Gasteiger partial charge >= 0.3 is 0 Å². The molecule has 0 atom stereocenters. The minimum atomic E-state index is 0.0949. The van der Waals surface area contributed by atoms with Crippen molar-refractivity contribution in [2.75, 3.05) is 20.0 Å². The number of amides is 1. The fourth-order valence-electron chi connectivity index (χ4n) is 0.830. The number of thioether (sulfide) groups is 1. The minimum absolute atomic E-state index is 0.0949. The van der Waals surface area contributed by atoms with Crippen LogP contribution in [0.25, 0.3) is 0 Å². The highest BCUT2D eigenvalue weighted by Crippen LogP contribution is 2.24. The highest BCUT2D eigenvalue weighted by atomic mass is 32.2. The predicted octanol–water partition coefficient (Wildman–Crippen LogP) is 0.600. The number of hydrogen-bond donors (Lipinski definition) is 1. The molecule has 0 fully saturated rings. The Kier molecular flexibility index (Phi) is 2.44. The molecule has 0 unspecified atom stereocenters. The summed E-state index contributed by atoms with van der Waals surface area (Å²) in [6.45, 7) is 1.93. The molecular formula is C7H12N2OS. The van der Waals surface area contributed by atoms with Crippen molar-refractivity contribution in [3.8, 4) is 0 Å². The number of nitrogens with zero attached hydrogens (tertiary/aromatic N) is 1. The molecule has 0 aromatic rings. The van der Waals surface area contributed by atoms with Gasteiger partial charge in [0.25, 0.3) is 5.91 Å². The summed E-state index contributed by atoms with van der Waals surface area (Å²) in [6, 6.07) is 0. The van der Waals surface area contributed by atoms with Crippen molar-refractivity contribution < 1.29 is 4.79 Å². The summed E-state index contributed by atoms with van der Waals surface area (Å²) in [5, 5.41) is 3.10. The molecule has 0 spiro atoms. The zero-order chi connectivity index (χ0) is 8.43. The van der Waals surface area contributed by atoms with Crippen molar-refractivity contribution in [1.82, 2.24) is 10.2 Å². The van der Waals surface area contributed by atoms with E-state index in [-0.39, 0.29) is 5.91 Å². The second-order valence-electron chi connectivity index (χ2n) is 2.62. The van der Waals surface area contributed by atoms with Gasteiger partial charge in [-0.25, -0.2) is 0 Å². The van der Waals surface area contributed by atoms with Crippen LogP contribution in [0.1, 0.15) is 6.92 Å². The van der Waals surface area contributed by atoms with Gasteiger partial charge in [0.2, 0.25) is 0 Å². The molecule has 0 aliphatic carbocycles. The summed E-state index contributed by atoms with van der Waals surface area (Å²) in [5.74, 6) is 0.915. The van der Waals surface area contributed by atoms with Gasteiger partial charge in [-0.15, -0.1) is 0 Å². The smallest absolute Gasteiger partial charge is 0.261 e. The van der Waals surface area contributed by atoms with Crippen LogP contribution in [0.3, 0.4) is 0 Å². The maximum atomic E-state index is 11.4. The normalized spacial score (nSPS) is 16.6. The molecule has 0 radical (unpaired) electrons. The molecule has 62 valence electrons. The topological polar surface area (TPSA) is 32.3 Å². The lowest BCUT2D eigenvalue weighted by Gasteiger charge is -2.09. The second-order valence-corrected chi connectivity index (χ2v) is 3.60. The Labute approximate surface area is 70.8 Å². The summed E-state index contributed by atoms with van der Waals surface area (Å²) in [7, 11) is 3.53. The SMILES string of the molecule is CC1=C(C(=O)N(C)C)SCN1. The van der Waals surface area contributed by atoms with Crippen LogP contribution in [0, 0.1) is 0 Å². The standard InChI is InChI=1S/C7H12N2OS/c1-5-6(11-4-8-5)7(10)9(2)3/h8H,4H2,1-3H3. The predicted molar refractivity (Wildman–Crippen MR) is 47.0 cm³/mol. The highest BCUT2D eigenvalue weighted by molar-refractivity contribution is 8.04. The van der Waals surface area contributed by atoms with E-state index < -0.39 is 0 Å². The fraction of sp³-hybridized carbons (Fsp3) is 0.571. The number of carbonyl (C=O) groups excluding carboxylic acids is 1. The number of rotatable bonds is 1. The minimum Gasteiger partial charge on any atom is -0.378 e. The van der Waals surface area contributed by atoms with E-state index in [0.29, 0.717) is 0 Å². The van der Waals surface area contributed by atoms with Crippen molar-refractivity contribution in [2.24, 2.45) is 0 Å². The Morgan fingerprint density at radius 3 is 2.64 bits per heavy atom. The van der Waals surface area contributed by atoms with Gasteiger partial charge in [0.1, 0.15) is 0 Å². The number of carbonyl (C=O) groups is 1. The monoisotopic (exact) mass is 172 g/mol. The molecule has 4 heteroatoms. The molecule has 0 aromatic carbocycles. The van der Waals surface area contributed by atoms with Crippen LogP contribution < -0.4 is 5.32 Å². The Bertz CT molecular complexity index is 210. The maximum absolute atomic E-state index is 11.4. The van der Waals surface area contributed by atoms with Crippen molar-refractivity contribution in [2.45, 2.75) is 6.92 Å². The van der Waals surface area contributed by atoms with Crippen LogP contribution in [0.4, 0.5) is 0 Å². The highest BCUT2D eigenvalue weighted by Gasteiger charge is 2.19. The summed E-state index contributed by atoms with van der Waals surface area (Å²) >= 11 is 1.56. The molecule has 11 heavy (non-hydrogen) atoms. The van der Waals surface area contributed by atoms with E-state index in [0.717, 1.165) is 16.5 Å². The van der Waals surface area contributed by atoms with E-state index in [1.807, 2.05) is 6.92 Å². The summed E-state index contributed by atoms with van der Waals surface area (Å²) < 4.78 is 0. The number of nitrogens with one attached hydrogen (secondary N) is 1. The van der Waals surface area contributed by atoms with Gasteiger partial charge in [-0.05, 0) is 6.92 Å². The van der Waals surface area contributed by atoms with Gasteiger partial charge in [-0.1, -0.05) is 11.8 Å². The van der Waals surface area contributed by atoms with Crippen molar-refractivity contribution in [3.63, 3.8) is 0 Å². The Morgan fingerprint density at radius 1 is 1.64 bits per heavy atom. The van der Waals surface area contributed by atoms with Gasteiger partial charge in [0, 0.05) is 19.8 Å². The zero-order valence-corrected chi connectivity index (χ0v) is 7.79. The van der Waals surface area contributed by atoms with Gasteiger partial charge < -0.3 is 10.2 Å².